The number of aromatic nitrogens is 2. The number of rotatable bonds is 4. The molecule has 136 valence electrons. The maximum absolute atomic E-state index is 13.0. The van der Waals surface area contributed by atoms with Crippen molar-refractivity contribution in [3.05, 3.63) is 41.1 Å². The van der Waals surface area contributed by atoms with Gasteiger partial charge >= 0.3 is 0 Å². The Bertz CT molecular complexity index is 746. The fourth-order valence-corrected chi connectivity index (χ4v) is 3.89. The number of nitrogens with zero attached hydrogens (tertiary/aromatic N) is 3. The zero-order valence-corrected chi connectivity index (χ0v) is 16.0. The minimum atomic E-state index is 0.0533. The van der Waals surface area contributed by atoms with Crippen LogP contribution in [0.4, 0.5) is 0 Å². The van der Waals surface area contributed by atoms with Crippen molar-refractivity contribution in [2.24, 2.45) is 5.92 Å². The van der Waals surface area contributed by atoms with Crippen molar-refractivity contribution < 1.29 is 9.21 Å². The lowest BCUT2D eigenvalue weighted by molar-refractivity contribution is -0.137. The van der Waals surface area contributed by atoms with Crippen LogP contribution in [0.2, 0.25) is 0 Å². The summed E-state index contributed by atoms with van der Waals surface area (Å²) in [7, 11) is 0. The molecule has 25 heavy (non-hydrogen) atoms. The fraction of sp³-hybridized carbons (Fsp3) is 0.600. The normalized spacial score (nSPS) is 22.2. The quantitative estimate of drug-likeness (QED) is 0.829. The molecular weight excluding hydrogens is 314 g/mol. The van der Waals surface area contributed by atoms with Gasteiger partial charge in [0.2, 0.25) is 5.91 Å². The Labute approximate surface area is 150 Å². The molecule has 0 aliphatic carbocycles. The van der Waals surface area contributed by atoms with Crippen molar-refractivity contribution in [2.45, 2.75) is 66.0 Å². The van der Waals surface area contributed by atoms with Crippen molar-refractivity contribution in [3.63, 3.8) is 0 Å². The number of carbonyl (C=O) groups excluding carboxylic acids is 1. The van der Waals surface area contributed by atoms with Crippen LogP contribution in [0.1, 0.15) is 68.1 Å². The van der Waals surface area contributed by atoms with E-state index in [0.29, 0.717) is 12.3 Å². The summed E-state index contributed by atoms with van der Waals surface area (Å²) in [5.41, 5.74) is 2.09. The van der Waals surface area contributed by atoms with Crippen LogP contribution in [0.5, 0.6) is 0 Å². The summed E-state index contributed by atoms with van der Waals surface area (Å²) < 4.78 is 7.82. The molecule has 3 rings (SSSR count). The lowest BCUT2D eigenvalue weighted by Gasteiger charge is -2.38. The second-order valence-electron chi connectivity index (χ2n) is 7.61. The summed E-state index contributed by atoms with van der Waals surface area (Å²) >= 11 is 0. The van der Waals surface area contributed by atoms with Gasteiger partial charge in [-0.15, -0.1) is 0 Å². The van der Waals surface area contributed by atoms with Gasteiger partial charge in [0.1, 0.15) is 11.5 Å². The number of carbonyl (C=O) groups is 1. The average Bonchev–Trinajstić information content (AvgIpc) is 3.12. The van der Waals surface area contributed by atoms with Crippen LogP contribution < -0.4 is 0 Å². The molecular formula is C20H29N3O2. The summed E-state index contributed by atoms with van der Waals surface area (Å²) in [5, 5.41) is 4.53. The van der Waals surface area contributed by atoms with Gasteiger partial charge in [0, 0.05) is 18.7 Å². The van der Waals surface area contributed by atoms with Crippen molar-refractivity contribution in [3.8, 4) is 0 Å². The topological polar surface area (TPSA) is 51.3 Å². The Morgan fingerprint density at radius 2 is 2.12 bits per heavy atom. The highest BCUT2D eigenvalue weighted by molar-refractivity contribution is 5.77. The van der Waals surface area contributed by atoms with Gasteiger partial charge in [0.15, 0.2) is 0 Å². The Morgan fingerprint density at radius 1 is 1.36 bits per heavy atom. The van der Waals surface area contributed by atoms with E-state index in [1.54, 1.807) is 0 Å². The third-order valence-corrected chi connectivity index (χ3v) is 5.21. The molecule has 5 heteroatoms. The fourth-order valence-electron chi connectivity index (χ4n) is 3.89. The van der Waals surface area contributed by atoms with E-state index >= 15 is 0 Å². The van der Waals surface area contributed by atoms with E-state index in [9.17, 15) is 4.79 Å². The summed E-state index contributed by atoms with van der Waals surface area (Å²) in [5.74, 6) is 2.60. The SMILES string of the molecule is Cc1cc(C)n(C(C)CC(=O)N2CCC(C)CC2c2ccc(C)o2)n1. The van der Waals surface area contributed by atoms with E-state index in [4.69, 9.17) is 4.42 Å². The molecule has 2 aromatic heterocycles. The van der Waals surface area contributed by atoms with E-state index < -0.39 is 0 Å². The number of hydrogen-bond acceptors (Lipinski definition) is 3. The van der Waals surface area contributed by atoms with Crippen LogP contribution >= 0.6 is 0 Å². The van der Waals surface area contributed by atoms with Gasteiger partial charge in [-0.3, -0.25) is 9.48 Å². The first-order valence-corrected chi connectivity index (χ1v) is 9.23. The van der Waals surface area contributed by atoms with Crippen molar-refractivity contribution in [1.29, 1.82) is 0 Å². The molecule has 5 nitrogen and oxygen atoms in total. The van der Waals surface area contributed by atoms with Gasteiger partial charge in [0.25, 0.3) is 0 Å². The maximum Gasteiger partial charge on any atom is 0.225 e. The van der Waals surface area contributed by atoms with Crippen molar-refractivity contribution in [1.82, 2.24) is 14.7 Å². The molecule has 0 spiro atoms. The summed E-state index contributed by atoms with van der Waals surface area (Å²) in [6.45, 7) is 11.1. The molecule has 0 radical (unpaired) electrons. The highest BCUT2D eigenvalue weighted by Gasteiger charge is 2.33. The van der Waals surface area contributed by atoms with Crippen LogP contribution in [0.3, 0.4) is 0 Å². The van der Waals surface area contributed by atoms with Crippen molar-refractivity contribution >= 4 is 5.91 Å². The molecule has 3 heterocycles. The van der Waals surface area contributed by atoms with E-state index in [-0.39, 0.29) is 18.0 Å². The number of hydrogen-bond donors (Lipinski definition) is 0. The first-order chi connectivity index (χ1) is 11.8. The molecule has 1 aliphatic rings. The van der Waals surface area contributed by atoms with E-state index in [0.717, 1.165) is 42.3 Å². The molecule has 1 aliphatic heterocycles. The van der Waals surface area contributed by atoms with Crippen LogP contribution in [-0.4, -0.2) is 27.1 Å². The first-order valence-electron chi connectivity index (χ1n) is 9.23. The highest BCUT2D eigenvalue weighted by atomic mass is 16.3. The maximum atomic E-state index is 13.0. The minimum absolute atomic E-state index is 0.0533. The largest absolute Gasteiger partial charge is 0.464 e. The van der Waals surface area contributed by atoms with Gasteiger partial charge in [-0.05, 0) is 64.7 Å². The third kappa shape index (κ3) is 3.80. The molecule has 2 aromatic rings. The monoisotopic (exact) mass is 343 g/mol. The molecule has 1 amide bonds. The third-order valence-electron chi connectivity index (χ3n) is 5.21. The predicted molar refractivity (Wildman–Crippen MR) is 97.3 cm³/mol. The molecule has 1 saturated heterocycles. The Balaban J connectivity index is 1.75. The van der Waals surface area contributed by atoms with E-state index in [1.807, 2.05) is 42.5 Å². The summed E-state index contributed by atoms with van der Waals surface area (Å²) in [6, 6.07) is 6.16. The molecule has 1 fully saturated rings. The van der Waals surface area contributed by atoms with Gasteiger partial charge < -0.3 is 9.32 Å². The summed E-state index contributed by atoms with van der Waals surface area (Å²) in [4.78, 5) is 15.1. The lowest BCUT2D eigenvalue weighted by Crippen LogP contribution is -2.41. The number of aryl methyl sites for hydroxylation is 3. The minimum Gasteiger partial charge on any atom is -0.464 e. The lowest BCUT2D eigenvalue weighted by atomic mass is 9.90. The van der Waals surface area contributed by atoms with Gasteiger partial charge in [-0.2, -0.15) is 5.10 Å². The zero-order valence-electron chi connectivity index (χ0n) is 16.0. The first kappa shape index (κ1) is 17.8. The summed E-state index contributed by atoms with van der Waals surface area (Å²) in [6.07, 6.45) is 2.48. The highest BCUT2D eigenvalue weighted by Crippen LogP contribution is 2.35. The van der Waals surface area contributed by atoms with Crippen LogP contribution in [0.15, 0.2) is 22.6 Å². The average molecular weight is 343 g/mol. The molecule has 0 N–H and O–H groups in total. The number of furan rings is 1. The number of amides is 1. The molecule has 0 saturated carbocycles. The van der Waals surface area contributed by atoms with E-state index in [2.05, 4.69) is 25.0 Å². The Morgan fingerprint density at radius 3 is 2.72 bits per heavy atom. The Hall–Kier alpha value is -2.04. The zero-order chi connectivity index (χ0) is 18.1. The van der Waals surface area contributed by atoms with Crippen LogP contribution in [-0.2, 0) is 4.79 Å². The van der Waals surface area contributed by atoms with Gasteiger partial charge in [-0.1, -0.05) is 6.92 Å². The Kier molecular flexibility index (Phi) is 5.02. The van der Waals surface area contributed by atoms with Gasteiger partial charge in [0.05, 0.1) is 17.8 Å². The number of piperidine rings is 1. The number of likely N-dealkylation sites (tertiary alicyclic amines) is 1. The van der Waals surface area contributed by atoms with Crippen molar-refractivity contribution in [2.75, 3.05) is 6.54 Å². The molecule has 3 unspecified atom stereocenters. The second-order valence-corrected chi connectivity index (χ2v) is 7.61. The van der Waals surface area contributed by atoms with E-state index in [1.165, 1.54) is 0 Å². The van der Waals surface area contributed by atoms with Crippen LogP contribution in [0, 0.1) is 26.7 Å². The predicted octanol–water partition coefficient (Wildman–Crippen LogP) is 4.35. The smallest absolute Gasteiger partial charge is 0.225 e. The molecule has 0 bridgehead atoms. The standard InChI is InChI=1S/C20H29N3O2/c1-13-8-9-22(18(10-13)19-7-6-17(5)25-19)20(24)12-16(4)23-15(3)11-14(2)21-23/h6-7,11,13,16,18H,8-10,12H2,1-5H3. The van der Waals surface area contributed by atoms with Crippen LogP contribution in [0.25, 0.3) is 0 Å². The molecule has 3 atom stereocenters. The second kappa shape index (κ2) is 7.06. The molecule has 0 aromatic carbocycles. The van der Waals surface area contributed by atoms with Gasteiger partial charge in [-0.25, -0.2) is 0 Å².